The Morgan fingerprint density at radius 3 is 2.79 bits per heavy atom. The average molecular weight is 425 g/mol. The number of rotatable bonds is 5. The maximum absolute atomic E-state index is 12.7. The number of hydrogen-bond donors (Lipinski definition) is 1. The molecule has 1 aromatic heterocycles. The minimum absolute atomic E-state index is 0.0853. The lowest BCUT2D eigenvalue weighted by Crippen LogP contribution is -2.29. The number of sulfonamides is 1. The molecule has 1 aromatic carbocycles. The van der Waals surface area contributed by atoms with Gasteiger partial charge in [-0.25, -0.2) is 13.2 Å². The standard InChI is InChI=1S/C17H20N4O5S2/c22-15(19-16-18-6-10-27-16)5-9-21-13-4-3-12(11-14(13)26-17(21)23)28(24,25)20-7-1-2-8-20/h3-4,11H,1-2,5-10H2,(H,18,19,22). The lowest BCUT2D eigenvalue weighted by Gasteiger charge is -2.15. The van der Waals surface area contributed by atoms with E-state index in [0.717, 1.165) is 18.6 Å². The molecular formula is C17H20N4O5S2. The van der Waals surface area contributed by atoms with Crippen molar-refractivity contribution in [3.63, 3.8) is 0 Å². The first kappa shape index (κ1) is 19.2. The van der Waals surface area contributed by atoms with Gasteiger partial charge in [-0.05, 0) is 25.0 Å². The number of thioether (sulfide) groups is 1. The Morgan fingerprint density at radius 2 is 2.07 bits per heavy atom. The quantitative estimate of drug-likeness (QED) is 0.766. The number of aryl methyl sites for hydroxylation is 1. The maximum atomic E-state index is 12.7. The van der Waals surface area contributed by atoms with Gasteiger partial charge in [-0.1, -0.05) is 11.8 Å². The number of amidine groups is 1. The second kappa shape index (κ2) is 7.72. The highest BCUT2D eigenvalue weighted by molar-refractivity contribution is 8.14. The number of fused-ring (bicyclic) bond motifs is 1. The van der Waals surface area contributed by atoms with Crippen LogP contribution in [0.3, 0.4) is 0 Å². The third-order valence-corrected chi connectivity index (χ3v) is 7.52. The number of aromatic nitrogens is 1. The predicted octanol–water partition coefficient (Wildman–Crippen LogP) is 0.988. The Labute approximate surface area is 165 Å². The predicted molar refractivity (Wildman–Crippen MR) is 106 cm³/mol. The van der Waals surface area contributed by atoms with E-state index in [-0.39, 0.29) is 29.4 Å². The minimum Gasteiger partial charge on any atom is -0.408 e. The summed E-state index contributed by atoms with van der Waals surface area (Å²) in [7, 11) is -3.59. The first-order valence-electron chi connectivity index (χ1n) is 9.06. The molecule has 3 heterocycles. The van der Waals surface area contributed by atoms with Crippen LogP contribution in [-0.4, -0.2) is 53.8 Å². The molecule has 2 aromatic rings. The van der Waals surface area contributed by atoms with E-state index in [4.69, 9.17) is 4.42 Å². The highest BCUT2D eigenvalue weighted by atomic mass is 32.2. The molecule has 1 saturated heterocycles. The van der Waals surface area contributed by atoms with Gasteiger partial charge >= 0.3 is 5.76 Å². The summed E-state index contributed by atoms with van der Waals surface area (Å²) in [6, 6.07) is 4.41. The molecule has 0 radical (unpaired) electrons. The van der Waals surface area contributed by atoms with E-state index in [1.165, 1.54) is 32.8 Å². The van der Waals surface area contributed by atoms with E-state index in [1.807, 2.05) is 0 Å². The topological polar surface area (TPSA) is 114 Å². The molecule has 0 spiro atoms. The average Bonchev–Trinajstić information content (AvgIpc) is 3.41. The van der Waals surface area contributed by atoms with Gasteiger partial charge in [0.25, 0.3) is 0 Å². The first-order valence-corrected chi connectivity index (χ1v) is 11.5. The highest BCUT2D eigenvalue weighted by Crippen LogP contribution is 2.24. The van der Waals surface area contributed by atoms with Gasteiger partial charge in [0.2, 0.25) is 15.9 Å². The lowest BCUT2D eigenvalue weighted by molar-refractivity contribution is -0.119. The summed E-state index contributed by atoms with van der Waals surface area (Å²) in [4.78, 5) is 28.5. The second-order valence-electron chi connectivity index (χ2n) is 6.59. The molecule has 2 aliphatic rings. The van der Waals surface area contributed by atoms with Crippen LogP contribution in [0.1, 0.15) is 19.3 Å². The first-order chi connectivity index (χ1) is 13.4. The summed E-state index contributed by atoms with van der Waals surface area (Å²) >= 11 is 1.48. The van der Waals surface area contributed by atoms with Crippen LogP contribution in [0.15, 0.2) is 37.3 Å². The Kier molecular flexibility index (Phi) is 5.30. The Balaban J connectivity index is 1.53. The zero-order valence-electron chi connectivity index (χ0n) is 15.1. The molecule has 0 saturated carbocycles. The van der Waals surface area contributed by atoms with Crippen molar-refractivity contribution in [1.82, 2.24) is 14.2 Å². The third kappa shape index (κ3) is 3.74. The fraction of sp³-hybridized carbons (Fsp3) is 0.471. The molecule has 0 unspecified atom stereocenters. The van der Waals surface area contributed by atoms with Gasteiger partial charge in [0.05, 0.1) is 17.0 Å². The van der Waals surface area contributed by atoms with Gasteiger partial charge in [-0.3, -0.25) is 14.4 Å². The normalized spacial score (nSPS) is 17.9. The van der Waals surface area contributed by atoms with Crippen LogP contribution in [0.25, 0.3) is 11.1 Å². The van der Waals surface area contributed by atoms with E-state index < -0.39 is 15.8 Å². The van der Waals surface area contributed by atoms with Crippen molar-refractivity contribution in [2.45, 2.75) is 30.7 Å². The monoisotopic (exact) mass is 424 g/mol. The zero-order chi connectivity index (χ0) is 19.7. The smallest absolute Gasteiger partial charge is 0.408 e. The molecule has 0 aliphatic carbocycles. The molecule has 1 N–H and O–H groups in total. The van der Waals surface area contributed by atoms with Crippen molar-refractivity contribution in [3.8, 4) is 0 Å². The third-order valence-electron chi connectivity index (χ3n) is 4.74. The number of nitrogens with zero attached hydrogens (tertiary/aromatic N) is 3. The van der Waals surface area contributed by atoms with Gasteiger partial charge in [0, 0.05) is 37.9 Å². The largest absolute Gasteiger partial charge is 0.419 e. The van der Waals surface area contributed by atoms with Crippen molar-refractivity contribution in [3.05, 3.63) is 28.7 Å². The maximum Gasteiger partial charge on any atom is 0.419 e. The van der Waals surface area contributed by atoms with Crippen LogP contribution < -0.4 is 11.1 Å². The molecule has 0 bridgehead atoms. The molecular weight excluding hydrogens is 404 g/mol. The fourth-order valence-electron chi connectivity index (χ4n) is 3.30. The molecule has 2 aliphatic heterocycles. The fourth-order valence-corrected chi connectivity index (χ4v) is 5.58. The Bertz CT molecular complexity index is 1100. The number of aliphatic imine (C=N–C) groups is 1. The summed E-state index contributed by atoms with van der Waals surface area (Å²) in [5, 5.41) is 3.32. The van der Waals surface area contributed by atoms with Gasteiger partial charge in [-0.2, -0.15) is 4.31 Å². The summed E-state index contributed by atoms with van der Waals surface area (Å²) in [5.74, 6) is -0.00173. The zero-order valence-corrected chi connectivity index (χ0v) is 16.7. The molecule has 150 valence electrons. The van der Waals surface area contributed by atoms with Crippen molar-refractivity contribution in [1.29, 1.82) is 0 Å². The number of oxazole rings is 1. The van der Waals surface area contributed by atoms with Crippen molar-refractivity contribution in [2.75, 3.05) is 25.4 Å². The molecule has 1 amide bonds. The van der Waals surface area contributed by atoms with E-state index in [2.05, 4.69) is 10.3 Å². The van der Waals surface area contributed by atoms with E-state index >= 15 is 0 Å². The van der Waals surface area contributed by atoms with Crippen LogP contribution in [-0.2, 0) is 21.4 Å². The van der Waals surface area contributed by atoms with E-state index in [0.29, 0.717) is 30.3 Å². The van der Waals surface area contributed by atoms with E-state index in [9.17, 15) is 18.0 Å². The Hall–Kier alpha value is -2.11. The molecule has 28 heavy (non-hydrogen) atoms. The highest BCUT2D eigenvalue weighted by Gasteiger charge is 2.28. The van der Waals surface area contributed by atoms with Crippen LogP contribution in [0.2, 0.25) is 0 Å². The molecule has 1 fully saturated rings. The number of benzene rings is 1. The number of carbonyl (C=O) groups excluding carboxylic acids is 1. The van der Waals surface area contributed by atoms with E-state index in [1.54, 1.807) is 6.07 Å². The second-order valence-corrected chi connectivity index (χ2v) is 9.62. The molecule has 9 nitrogen and oxygen atoms in total. The summed E-state index contributed by atoms with van der Waals surface area (Å²) in [5.41, 5.74) is 0.659. The molecule has 4 rings (SSSR count). The number of carbonyl (C=O) groups is 1. The summed E-state index contributed by atoms with van der Waals surface area (Å²) in [6.07, 6.45) is 1.78. The molecule has 11 heteroatoms. The number of amides is 1. The molecule has 0 atom stereocenters. The van der Waals surface area contributed by atoms with Crippen LogP contribution in [0.4, 0.5) is 0 Å². The summed E-state index contributed by atoms with van der Waals surface area (Å²) < 4.78 is 33.4. The van der Waals surface area contributed by atoms with Crippen molar-refractivity contribution >= 4 is 44.0 Å². The minimum atomic E-state index is -3.59. The summed E-state index contributed by atoms with van der Waals surface area (Å²) in [6.45, 7) is 1.83. The van der Waals surface area contributed by atoms with Gasteiger partial charge in [0.15, 0.2) is 10.8 Å². The number of nitrogens with one attached hydrogen (secondary N) is 1. The van der Waals surface area contributed by atoms with Gasteiger partial charge in [-0.15, -0.1) is 0 Å². The Morgan fingerprint density at radius 1 is 1.29 bits per heavy atom. The van der Waals surface area contributed by atoms with Crippen LogP contribution in [0, 0.1) is 0 Å². The van der Waals surface area contributed by atoms with Crippen molar-refractivity contribution in [2.24, 2.45) is 4.99 Å². The number of hydrogen-bond acceptors (Lipinski definition) is 7. The van der Waals surface area contributed by atoms with Gasteiger partial charge in [0.1, 0.15) is 0 Å². The van der Waals surface area contributed by atoms with Gasteiger partial charge < -0.3 is 9.73 Å². The lowest BCUT2D eigenvalue weighted by atomic mass is 10.3. The van der Waals surface area contributed by atoms with Crippen molar-refractivity contribution < 1.29 is 17.6 Å². The van der Waals surface area contributed by atoms with Crippen LogP contribution in [0.5, 0.6) is 0 Å². The SMILES string of the molecule is O=C(CCn1c(=O)oc2cc(S(=O)(=O)N3CCCC3)ccc21)NC1=NCCS1. The van der Waals surface area contributed by atoms with Crippen LogP contribution >= 0.6 is 11.8 Å².